The van der Waals surface area contributed by atoms with Crippen LogP contribution in [0.5, 0.6) is 0 Å². The van der Waals surface area contributed by atoms with Crippen LogP contribution in [0.2, 0.25) is 0 Å². The maximum Gasteiger partial charge on any atom is 0 e. The highest BCUT2D eigenvalue weighted by Crippen LogP contribution is 0.886. The summed E-state index contributed by atoms with van der Waals surface area (Å²) in [5.41, 5.74) is 0. The van der Waals surface area contributed by atoms with Crippen molar-refractivity contribution >= 4 is 24.0 Å². The second-order valence-corrected chi connectivity index (χ2v) is 0. The van der Waals surface area contributed by atoms with Crippen molar-refractivity contribution in [1.29, 1.82) is 0 Å². The molecule has 466 valence electrons. The molecule has 0 aliphatic heterocycles. The van der Waals surface area contributed by atoms with Gasteiger partial charge in [0.2, 0.25) is 0 Å². The van der Waals surface area contributed by atoms with Crippen molar-refractivity contribution in [2.75, 3.05) is 0 Å². The van der Waals surface area contributed by atoms with E-state index in [0.29, 0.717) is 0 Å². The molecule has 0 aromatic carbocycles. The van der Waals surface area contributed by atoms with Crippen LogP contribution in [0.3, 0.4) is 0 Å². The topological polar surface area (TPSA) is 35.0 Å². The van der Waals surface area contributed by atoms with Crippen LogP contribution in [-0.4, -0.2) is 0 Å². The zero-order valence-electron chi connectivity index (χ0n) is 1.12. The fraction of sp³-hybridized carbons (Fsp3) is 1.00. The van der Waals surface area contributed by atoms with Crippen LogP contribution < -0.4 is 6.15 Å². The van der Waals surface area contributed by atoms with E-state index in [1.165, 1.54) is 0 Å². The maximum atomic E-state index is 0. The maximum absolute atomic E-state index is 0. The molecule has 0 bridgehead atoms. The van der Waals surface area contributed by atoms with Gasteiger partial charge in [0.15, 0.2) is 0 Å². The number of hydrogen-bond donors (Lipinski definition) is 1. The summed E-state index contributed by atoms with van der Waals surface area (Å²) in [6.45, 7) is 0. The first-order valence-corrected chi connectivity index (χ1v) is 0. The second-order valence-electron chi connectivity index (χ2n) is 0. The molecule has 0 rings (SSSR count). The van der Waals surface area contributed by atoms with Crippen LogP contribution in [0, 0.1) is 0 Å². The molecule has 2 heteroatoms. The fourth-order valence-electron chi connectivity index (χ4n) is 0. The smallest absolute Gasteiger partial charge is 0 e. The average molecular weight is 1050 g/mol. The molecule has 0 aromatic heterocycles. The Kier molecular flexibility index (Phi) is 2750000000. The molecule has 0 radical (unpaired) electrons. The van der Waals surface area contributed by atoms with Gasteiger partial charge in [0, 0.05) is 1.43 Å². The van der Waals surface area contributed by atoms with Crippen molar-refractivity contribution in [2.45, 2.75) is 416 Å². The molecule has 0 saturated heterocycles. The highest BCUT2D eigenvalue weighted by molar-refractivity contribution is 14.0. The molecule has 3 N–H and O–H groups in total. The summed E-state index contributed by atoms with van der Waals surface area (Å²) in [7, 11) is 0. The molecule has 58 heavy (non-hydrogen) atoms. The van der Waals surface area contributed by atoms with Crippen molar-refractivity contribution in [2.24, 2.45) is 0 Å². The summed E-state index contributed by atoms with van der Waals surface area (Å²) in [5, 5.41) is 0. The van der Waals surface area contributed by atoms with E-state index in [4.69, 9.17) is 0 Å². The van der Waals surface area contributed by atoms with Crippen molar-refractivity contribution in [3.05, 3.63) is 0 Å². The highest BCUT2D eigenvalue weighted by Gasteiger charge is -0.0217. The van der Waals surface area contributed by atoms with Gasteiger partial charge in [0.1, 0.15) is 0 Å². The molecule has 0 aromatic rings. The molecule has 0 fully saturated rings. The van der Waals surface area contributed by atoms with E-state index in [-0.39, 0.29) is 447 Å². The van der Waals surface area contributed by atoms with Gasteiger partial charge in [0.25, 0.3) is 0 Å². The van der Waals surface area contributed by atoms with Gasteiger partial charge < -0.3 is 6.15 Å². The van der Waals surface area contributed by atoms with E-state index in [1.54, 1.807) is 0 Å². The van der Waals surface area contributed by atoms with Gasteiger partial charge in [-0.2, -0.15) is 0 Å². The normalized spacial score (nSPS) is 0. The van der Waals surface area contributed by atoms with Crippen LogP contribution in [0.1, 0.15) is 417 Å². The van der Waals surface area contributed by atoms with Crippen LogP contribution in [0.4, 0.5) is 0 Å². The molecule has 0 atom stereocenters. The van der Waals surface area contributed by atoms with Crippen LogP contribution in [0.15, 0.2) is 0 Å². The van der Waals surface area contributed by atoms with Crippen molar-refractivity contribution in [3.63, 3.8) is 0 Å². The first-order chi connectivity index (χ1) is 0. The fourth-order valence-corrected chi connectivity index (χ4v) is 0. The van der Waals surface area contributed by atoms with Crippen LogP contribution in [-0.2, 0) is 0 Å². The minimum absolute atomic E-state index is 0. The summed E-state index contributed by atoms with van der Waals surface area (Å²) < 4.78 is 0. The zero-order valence-corrected chi connectivity index (χ0v) is 3.45. The number of rotatable bonds is 0. The summed E-state index contributed by atoms with van der Waals surface area (Å²) >= 11 is 0. The molecule has 0 aliphatic rings. The predicted molar refractivity (Wildman–Crippen MR) is 399 cm³/mol. The molecule has 1 nitrogen and oxygen atoms in total. The quantitative estimate of drug-likeness (QED) is 0.241. The minimum atomic E-state index is 0. The van der Waals surface area contributed by atoms with E-state index in [9.17, 15) is 0 Å². The summed E-state index contributed by atoms with van der Waals surface area (Å²) in [5.74, 6) is 0. The van der Waals surface area contributed by atoms with Crippen LogP contribution >= 0.6 is 24.0 Å². The summed E-state index contributed by atoms with van der Waals surface area (Å²) in [6, 6.07) is 0. The lowest BCUT2D eigenvalue weighted by Gasteiger charge is -0.344. The van der Waals surface area contributed by atoms with E-state index in [0.717, 1.165) is 0 Å². The molecule has 0 aliphatic carbocycles. The third-order valence-corrected chi connectivity index (χ3v) is 0. The standard InChI is InChI=1S/56CH4.HI.H3N.H2/h56*1H4;1H;1H3;1H/i;;;;;;;;;;;;;;;;;;;;;;;;;;;;;;;;;;;;;;;;;;;;;;;;;;;;;;;;;;1+1. The molecular formula is C56H230IN. The van der Waals surface area contributed by atoms with Gasteiger partial charge in [-0.1, -0.05) is 416 Å². The van der Waals surface area contributed by atoms with Gasteiger partial charge in [-0.05, 0) is 0 Å². The average Bonchev–Trinajstić information content (AvgIpc) is 0. The van der Waals surface area contributed by atoms with Crippen LogP contribution in [0.25, 0.3) is 0 Å². The number of halogens is 1. The Bertz CT molecular complexity index is 21.9. The zero-order chi connectivity index (χ0) is 0. The van der Waals surface area contributed by atoms with E-state index in [2.05, 4.69) is 0 Å². The number of hydrogen-bond acceptors (Lipinski definition) is 1. The van der Waals surface area contributed by atoms with E-state index < -0.39 is 0 Å². The minimum Gasteiger partial charge on any atom is -0.344 e. The Balaban J connectivity index is 0. The molecule has 0 amide bonds. The SMILES string of the molecule is C.C.C.C.C.C.C.C.C.C.C.C.C.C.C.C.C.C.C.C.C.C.C.C.C.C.C.C.C.C.C.C.C.C.C.C.C.C.C.C.C.C.C.C.C.C.C.C.C.C.C.C.C.C.C.C.I.N.[2HH]. The van der Waals surface area contributed by atoms with Gasteiger partial charge in [-0.25, -0.2) is 0 Å². The first-order valence-electron chi connectivity index (χ1n) is 0. The molecule has 0 unspecified atom stereocenters. The third-order valence-electron chi connectivity index (χ3n) is 0. The van der Waals surface area contributed by atoms with Crippen molar-refractivity contribution in [3.8, 4) is 0 Å². The monoisotopic (exact) mass is 1050 g/mol. The third kappa shape index (κ3) is 369000. The van der Waals surface area contributed by atoms with Gasteiger partial charge in [-0.3, -0.25) is 0 Å². The Morgan fingerprint density at radius 1 is 0.0690 bits per heavy atom. The predicted octanol–water partition coefficient (Wildman–Crippen LogP) is 36.6. The molecular weight excluding hydrogens is 814 g/mol. The summed E-state index contributed by atoms with van der Waals surface area (Å²) in [4.78, 5) is 0. The molecule has 0 heterocycles. The van der Waals surface area contributed by atoms with Gasteiger partial charge in [0.05, 0.1) is 0 Å². The van der Waals surface area contributed by atoms with Gasteiger partial charge >= 0.3 is 0 Å². The Morgan fingerprint density at radius 2 is 0.0690 bits per heavy atom. The van der Waals surface area contributed by atoms with E-state index in [1.807, 2.05) is 0 Å². The molecule has 0 saturated carbocycles. The Labute approximate surface area is 445 Å². The van der Waals surface area contributed by atoms with Crippen molar-refractivity contribution < 1.29 is 1.43 Å². The van der Waals surface area contributed by atoms with E-state index >= 15 is 0 Å². The van der Waals surface area contributed by atoms with Crippen molar-refractivity contribution in [1.82, 2.24) is 6.15 Å². The Morgan fingerprint density at radius 3 is 0.0690 bits per heavy atom. The lowest BCUT2D eigenvalue weighted by molar-refractivity contribution is 2.13. The summed E-state index contributed by atoms with van der Waals surface area (Å²) in [6.07, 6.45) is 0. The lowest BCUT2D eigenvalue weighted by atomic mass is 12.0. The Hall–Kier alpha value is 0.690. The first kappa shape index (κ1) is 410000. The molecule has 0 spiro atoms. The second kappa shape index (κ2) is 389000. The van der Waals surface area contributed by atoms with Gasteiger partial charge in [-0.15, -0.1) is 24.0 Å². The highest BCUT2D eigenvalue weighted by atomic mass is 127. The largest absolute Gasteiger partial charge is 0.344 e. The lowest BCUT2D eigenvalue weighted by Crippen LogP contribution is -0.481.